The SMILES string of the molecule is CCOC(=O)C1=CC2(SC=C(C(=O)OCC)S2)C2=C(S1)C(C)(C)N(CC)c1ccccc12. The van der Waals surface area contributed by atoms with Crippen molar-refractivity contribution in [1.29, 1.82) is 0 Å². The molecule has 0 amide bonds. The molecule has 0 bridgehead atoms. The first-order valence-corrected chi connectivity index (χ1v) is 13.2. The highest BCUT2D eigenvalue weighted by Crippen LogP contribution is 2.66. The molecule has 1 atom stereocenters. The van der Waals surface area contributed by atoms with E-state index in [4.69, 9.17) is 9.47 Å². The lowest BCUT2D eigenvalue weighted by atomic mass is 9.85. The maximum Gasteiger partial charge on any atom is 0.345 e. The van der Waals surface area contributed by atoms with Gasteiger partial charge in [-0.25, -0.2) is 9.59 Å². The van der Waals surface area contributed by atoms with Gasteiger partial charge in [0, 0.05) is 28.3 Å². The Morgan fingerprint density at radius 3 is 2.31 bits per heavy atom. The highest BCUT2D eigenvalue weighted by atomic mass is 32.2. The number of likely N-dealkylation sites (N-methyl/N-ethyl adjacent to an activating group) is 1. The largest absolute Gasteiger partial charge is 0.462 e. The highest BCUT2D eigenvalue weighted by Gasteiger charge is 2.52. The second-order valence-electron chi connectivity index (χ2n) is 7.95. The second-order valence-corrected chi connectivity index (χ2v) is 11.7. The van der Waals surface area contributed by atoms with Gasteiger partial charge in [0.05, 0.1) is 23.7 Å². The van der Waals surface area contributed by atoms with Gasteiger partial charge in [-0.1, -0.05) is 41.7 Å². The van der Waals surface area contributed by atoms with E-state index in [1.54, 1.807) is 18.7 Å². The Labute approximate surface area is 202 Å². The van der Waals surface area contributed by atoms with Gasteiger partial charge in [0.2, 0.25) is 0 Å². The lowest BCUT2D eigenvalue weighted by molar-refractivity contribution is -0.138. The van der Waals surface area contributed by atoms with Crippen molar-refractivity contribution in [3.63, 3.8) is 0 Å². The van der Waals surface area contributed by atoms with Gasteiger partial charge in [-0.05, 0) is 52.2 Å². The quantitative estimate of drug-likeness (QED) is 0.482. The van der Waals surface area contributed by atoms with Crippen LogP contribution in [0.15, 0.2) is 50.5 Å². The topological polar surface area (TPSA) is 55.8 Å². The molecular formula is C24H27NO4S3. The van der Waals surface area contributed by atoms with E-state index in [2.05, 4.69) is 43.9 Å². The smallest absolute Gasteiger partial charge is 0.345 e. The van der Waals surface area contributed by atoms with Gasteiger partial charge in [0.15, 0.2) is 0 Å². The Hall–Kier alpha value is -1.77. The number of nitrogens with zero attached hydrogens (tertiary/aromatic N) is 1. The number of hydrogen-bond donors (Lipinski definition) is 0. The van der Waals surface area contributed by atoms with Crippen LogP contribution in [0.3, 0.4) is 0 Å². The average Bonchev–Trinajstić information content (AvgIpc) is 3.18. The fourth-order valence-electron chi connectivity index (χ4n) is 4.36. The Balaban J connectivity index is 1.90. The predicted molar refractivity (Wildman–Crippen MR) is 135 cm³/mol. The van der Waals surface area contributed by atoms with Crippen LogP contribution >= 0.6 is 35.3 Å². The Morgan fingerprint density at radius 1 is 1.00 bits per heavy atom. The molecule has 170 valence electrons. The molecule has 1 aromatic carbocycles. The van der Waals surface area contributed by atoms with Gasteiger partial charge in [-0.2, -0.15) is 0 Å². The number of hydrogen-bond acceptors (Lipinski definition) is 8. The van der Waals surface area contributed by atoms with E-state index < -0.39 is 4.08 Å². The minimum Gasteiger partial charge on any atom is -0.462 e. The molecule has 5 nitrogen and oxygen atoms in total. The number of fused-ring (bicyclic) bond motifs is 3. The van der Waals surface area contributed by atoms with Crippen LogP contribution in [0.1, 0.15) is 40.2 Å². The van der Waals surface area contributed by atoms with Crippen LogP contribution < -0.4 is 4.90 Å². The lowest BCUT2D eigenvalue weighted by Crippen LogP contribution is -2.50. The van der Waals surface area contributed by atoms with Crippen molar-refractivity contribution < 1.29 is 19.1 Å². The first-order chi connectivity index (χ1) is 15.3. The summed E-state index contributed by atoms with van der Waals surface area (Å²) in [6.45, 7) is 11.6. The van der Waals surface area contributed by atoms with E-state index in [1.165, 1.54) is 23.5 Å². The van der Waals surface area contributed by atoms with E-state index in [0.717, 1.165) is 28.3 Å². The molecule has 0 N–H and O–H groups in total. The van der Waals surface area contributed by atoms with Crippen LogP contribution in [-0.2, 0) is 19.1 Å². The van der Waals surface area contributed by atoms with Crippen LogP contribution in [0.5, 0.6) is 0 Å². The molecule has 1 unspecified atom stereocenters. The van der Waals surface area contributed by atoms with Crippen LogP contribution in [0.4, 0.5) is 5.69 Å². The summed E-state index contributed by atoms with van der Waals surface area (Å²) in [7, 11) is 0. The van der Waals surface area contributed by atoms with Gasteiger partial charge in [-0.15, -0.1) is 11.8 Å². The third-order valence-corrected chi connectivity index (χ3v) is 9.93. The molecule has 0 radical (unpaired) electrons. The number of anilines is 1. The number of carbonyl (C=O) groups is 2. The van der Waals surface area contributed by atoms with E-state index in [1.807, 2.05) is 24.5 Å². The number of esters is 2. The van der Waals surface area contributed by atoms with Crippen molar-refractivity contribution >= 4 is 58.5 Å². The molecule has 0 aliphatic carbocycles. The first-order valence-electron chi connectivity index (χ1n) is 10.7. The van der Waals surface area contributed by atoms with Gasteiger partial charge >= 0.3 is 11.9 Å². The second kappa shape index (κ2) is 8.88. The van der Waals surface area contributed by atoms with Crippen molar-refractivity contribution in [2.75, 3.05) is 24.7 Å². The monoisotopic (exact) mass is 489 g/mol. The molecule has 1 aromatic rings. The van der Waals surface area contributed by atoms with Gasteiger partial charge in [-0.3, -0.25) is 0 Å². The number of thioether (sulfide) groups is 3. The summed E-state index contributed by atoms with van der Waals surface area (Å²) in [5, 5.41) is 1.87. The van der Waals surface area contributed by atoms with Crippen molar-refractivity contribution in [1.82, 2.24) is 0 Å². The molecule has 4 rings (SSSR count). The summed E-state index contributed by atoms with van der Waals surface area (Å²) in [6, 6.07) is 8.39. The van der Waals surface area contributed by atoms with Crippen molar-refractivity contribution in [3.05, 3.63) is 56.0 Å². The zero-order valence-corrected chi connectivity index (χ0v) is 21.3. The van der Waals surface area contributed by atoms with E-state index >= 15 is 0 Å². The molecular weight excluding hydrogens is 462 g/mol. The van der Waals surface area contributed by atoms with Gasteiger partial charge in [0.25, 0.3) is 0 Å². The molecule has 32 heavy (non-hydrogen) atoms. The third kappa shape index (κ3) is 3.70. The highest BCUT2D eigenvalue weighted by molar-refractivity contribution is 8.25. The molecule has 0 saturated heterocycles. The van der Waals surface area contributed by atoms with Crippen LogP contribution in [0, 0.1) is 0 Å². The van der Waals surface area contributed by atoms with E-state index in [-0.39, 0.29) is 17.5 Å². The van der Waals surface area contributed by atoms with Gasteiger partial charge < -0.3 is 14.4 Å². The molecule has 3 heterocycles. The number of rotatable bonds is 5. The summed E-state index contributed by atoms with van der Waals surface area (Å²) in [6.07, 6.45) is 1.97. The number of carbonyl (C=O) groups excluding carboxylic acids is 2. The maximum absolute atomic E-state index is 12.9. The van der Waals surface area contributed by atoms with Gasteiger partial charge in [0.1, 0.15) is 8.98 Å². The normalized spacial score (nSPS) is 23.3. The van der Waals surface area contributed by atoms with E-state index in [0.29, 0.717) is 23.0 Å². The number of ether oxygens (including phenoxy) is 2. The Morgan fingerprint density at radius 2 is 1.66 bits per heavy atom. The summed E-state index contributed by atoms with van der Waals surface area (Å²) in [5.74, 6) is -0.654. The summed E-state index contributed by atoms with van der Waals surface area (Å²) < 4.78 is 10.0. The molecule has 3 aliphatic heterocycles. The van der Waals surface area contributed by atoms with Crippen molar-refractivity contribution in [2.24, 2.45) is 0 Å². The Bertz CT molecular complexity index is 1060. The molecule has 0 fully saturated rings. The minimum absolute atomic E-state index is 0.315. The fourth-order valence-corrected chi connectivity index (χ4v) is 8.77. The summed E-state index contributed by atoms with van der Waals surface area (Å²) >= 11 is 4.50. The number of para-hydroxylation sites is 1. The summed E-state index contributed by atoms with van der Waals surface area (Å²) in [4.78, 5) is 30.0. The average molecular weight is 490 g/mol. The zero-order chi connectivity index (χ0) is 23.1. The Kier molecular flexibility index (Phi) is 6.49. The molecule has 0 saturated carbocycles. The number of benzene rings is 1. The fraction of sp³-hybridized carbons (Fsp3) is 0.417. The standard InChI is InChI=1S/C24H27NO4S3/c1-6-25-16-12-10-9-11-15(16)19-20(23(25,4)5)31-17(21(26)28-7-2)13-24(19)30-14-18(32-24)22(27)29-8-3/h9-14H,6-8H2,1-5H3. The van der Waals surface area contributed by atoms with E-state index in [9.17, 15) is 9.59 Å². The molecule has 0 aromatic heterocycles. The zero-order valence-electron chi connectivity index (χ0n) is 18.9. The molecule has 1 spiro atoms. The van der Waals surface area contributed by atoms with Crippen molar-refractivity contribution in [3.8, 4) is 0 Å². The predicted octanol–water partition coefficient (Wildman–Crippen LogP) is 5.79. The first kappa shape index (κ1) is 23.4. The van der Waals surface area contributed by atoms with Crippen molar-refractivity contribution in [2.45, 2.75) is 44.2 Å². The lowest BCUT2D eigenvalue weighted by Gasteiger charge is -2.50. The third-order valence-electron chi connectivity index (χ3n) is 5.68. The van der Waals surface area contributed by atoms with Crippen LogP contribution in [0.2, 0.25) is 0 Å². The summed E-state index contributed by atoms with van der Waals surface area (Å²) in [5.41, 5.74) is 3.10. The minimum atomic E-state index is -0.641. The van der Waals surface area contributed by atoms with Crippen LogP contribution in [-0.4, -0.2) is 41.3 Å². The molecule has 3 aliphatic rings. The molecule has 8 heteroatoms. The van der Waals surface area contributed by atoms with Crippen LogP contribution in [0.25, 0.3) is 5.57 Å². The maximum atomic E-state index is 12.9.